The van der Waals surface area contributed by atoms with E-state index in [2.05, 4.69) is 5.32 Å². The molecule has 0 saturated heterocycles. The molecule has 0 heterocycles. The Bertz CT molecular complexity index is 826. The van der Waals surface area contributed by atoms with Crippen molar-refractivity contribution in [3.63, 3.8) is 0 Å². The minimum Gasteiger partial charge on any atom is -0.344 e. The van der Waals surface area contributed by atoms with E-state index < -0.39 is 29.5 Å². The van der Waals surface area contributed by atoms with Crippen LogP contribution in [0.4, 0.5) is 14.5 Å². The molecule has 0 radical (unpaired) electrons. The SMILES string of the molecule is C[C@H](NC(=O)Cc1cc(F)cc(F)c1)C(=O)N(C(=S)CN)c1ccccc1. The lowest BCUT2D eigenvalue weighted by Crippen LogP contribution is -2.50. The lowest BCUT2D eigenvalue weighted by atomic mass is 10.1. The fraction of sp³-hybridized carbons (Fsp3) is 0.211. The summed E-state index contributed by atoms with van der Waals surface area (Å²) in [5.74, 6) is -2.56. The van der Waals surface area contributed by atoms with Gasteiger partial charge in [0.1, 0.15) is 22.7 Å². The third-order valence-electron chi connectivity index (χ3n) is 3.69. The van der Waals surface area contributed by atoms with Crippen molar-refractivity contribution in [1.29, 1.82) is 0 Å². The molecular weight excluding hydrogens is 372 g/mol. The zero-order chi connectivity index (χ0) is 20.0. The molecule has 0 spiro atoms. The van der Waals surface area contributed by atoms with E-state index in [-0.39, 0.29) is 23.5 Å². The molecule has 0 aliphatic rings. The van der Waals surface area contributed by atoms with Gasteiger partial charge >= 0.3 is 0 Å². The van der Waals surface area contributed by atoms with E-state index in [0.29, 0.717) is 5.69 Å². The highest BCUT2D eigenvalue weighted by atomic mass is 32.1. The predicted octanol–water partition coefficient (Wildman–Crippen LogP) is 2.33. The maximum Gasteiger partial charge on any atom is 0.254 e. The van der Waals surface area contributed by atoms with E-state index in [9.17, 15) is 18.4 Å². The number of thiocarbonyl (C=S) groups is 1. The van der Waals surface area contributed by atoms with E-state index in [1.807, 2.05) is 0 Å². The van der Waals surface area contributed by atoms with Crippen LogP contribution >= 0.6 is 12.2 Å². The molecular formula is C19H19F2N3O2S. The van der Waals surface area contributed by atoms with Gasteiger partial charge in [0.15, 0.2) is 0 Å². The van der Waals surface area contributed by atoms with E-state index in [1.54, 1.807) is 30.3 Å². The van der Waals surface area contributed by atoms with E-state index in [0.717, 1.165) is 18.2 Å². The van der Waals surface area contributed by atoms with Crippen molar-refractivity contribution in [3.8, 4) is 0 Å². The number of para-hydroxylation sites is 1. The fourth-order valence-corrected chi connectivity index (χ4v) is 2.70. The zero-order valence-electron chi connectivity index (χ0n) is 14.6. The predicted molar refractivity (Wildman–Crippen MR) is 103 cm³/mol. The number of nitrogens with one attached hydrogen (secondary N) is 1. The Morgan fingerprint density at radius 3 is 2.30 bits per heavy atom. The lowest BCUT2D eigenvalue weighted by molar-refractivity contribution is -0.126. The highest BCUT2D eigenvalue weighted by Crippen LogP contribution is 2.16. The molecule has 0 aliphatic heterocycles. The number of anilines is 1. The molecule has 2 aromatic rings. The molecule has 5 nitrogen and oxygen atoms in total. The third kappa shape index (κ3) is 5.63. The first kappa shape index (κ1) is 20.6. The summed E-state index contributed by atoms with van der Waals surface area (Å²) in [5, 5.41) is 2.52. The summed E-state index contributed by atoms with van der Waals surface area (Å²) in [5.41, 5.74) is 6.29. The Morgan fingerprint density at radius 1 is 1.15 bits per heavy atom. The average molecular weight is 391 g/mol. The Morgan fingerprint density at radius 2 is 1.74 bits per heavy atom. The number of carbonyl (C=O) groups excluding carboxylic acids is 2. The van der Waals surface area contributed by atoms with Crippen LogP contribution < -0.4 is 16.0 Å². The van der Waals surface area contributed by atoms with Crippen LogP contribution in [-0.2, 0) is 16.0 Å². The van der Waals surface area contributed by atoms with E-state index >= 15 is 0 Å². The van der Waals surface area contributed by atoms with Gasteiger partial charge in [0.05, 0.1) is 6.42 Å². The molecule has 0 saturated carbocycles. The Balaban J connectivity index is 2.10. The van der Waals surface area contributed by atoms with Crippen molar-refractivity contribution >= 4 is 34.7 Å². The Labute approximate surface area is 161 Å². The first-order valence-corrected chi connectivity index (χ1v) is 8.59. The van der Waals surface area contributed by atoms with Crippen LogP contribution in [0, 0.1) is 11.6 Å². The van der Waals surface area contributed by atoms with E-state index in [4.69, 9.17) is 18.0 Å². The van der Waals surface area contributed by atoms with Crippen molar-refractivity contribution in [2.75, 3.05) is 11.4 Å². The normalized spacial score (nSPS) is 11.6. The van der Waals surface area contributed by atoms with Gasteiger partial charge in [0.25, 0.3) is 5.91 Å². The monoisotopic (exact) mass is 391 g/mol. The number of carbonyl (C=O) groups is 2. The van der Waals surface area contributed by atoms with Crippen molar-refractivity contribution in [2.45, 2.75) is 19.4 Å². The smallest absolute Gasteiger partial charge is 0.254 e. The Hall–Kier alpha value is -2.71. The van der Waals surface area contributed by atoms with E-state index in [1.165, 1.54) is 11.8 Å². The van der Waals surface area contributed by atoms with Gasteiger partial charge in [0, 0.05) is 18.3 Å². The quantitative estimate of drug-likeness (QED) is 0.741. The summed E-state index contributed by atoms with van der Waals surface area (Å²) in [4.78, 5) is 26.4. The summed E-state index contributed by atoms with van der Waals surface area (Å²) >= 11 is 5.19. The highest BCUT2D eigenvalue weighted by molar-refractivity contribution is 7.80. The number of hydrogen-bond donors (Lipinski definition) is 2. The van der Waals surface area contributed by atoms with Gasteiger partial charge in [0.2, 0.25) is 5.91 Å². The first-order valence-electron chi connectivity index (χ1n) is 8.18. The van der Waals surface area contributed by atoms with Crippen LogP contribution in [0.5, 0.6) is 0 Å². The number of nitrogens with zero attached hydrogens (tertiary/aromatic N) is 1. The van der Waals surface area contributed by atoms with Crippen LogP contribution in [0.2, 0.25) is 0 Å². The standard InChI is InChI=1S/C19H19F2N3O2S/c1-12(23-17(25)9-13-7-14(20)10-15(21)8-13)19(26)24(18(27)11-22)16-5-3-2-4-6-16/h2-8,10,12H,9,11,22H2,1H3,(H,23,25)/t12-/m0/s1. The first-order chi connectivity index (χ1) is 12.8. The lowest BCUT2D eigenvalue weighted by Gasteiger charge is -2.26. The number of halogens is 2. The largest absolute Gasteiger partial charge is 0.344 e. The maximum atomic E-state index is 13.2. The van der Waals surface area contributed by atoms with Gasteiger partial charge in [-0.1, -0.05) is 30.4 Å². The summed E-state index contributed by atoms with van der Waals surface area (Å²) in [6.07, 6.45) is -0.265. The van der Waals surface area contributed by atoms with Crippen molar-refractivity contribution < 1.29 is 18.4 Å². The molecule has 0 aliphatic carbocycles. The molecule has 0 aromatic heterocycles. The molecule has 142 valence electrons. The molecule has 27 heavy (non-hydrogen) atoms. The van der Waals surface area contributed by atoms with Crippen molar-refractivity contribution in [1.82, 2.24) is 5.32 Å². The Kier molecular flexibility index (Phi) is 7.09. The van der Waals surface area contributed by atoms with Gasteiger partial charge in [-0.2, -0.15) is 0 Å². The average Bonchev–Trinajstić information content (AvgIpc) is 2.61. The minimum atomic E-state index is -0.916. The number of amides is 2. The molecule has 2 rings (SSSR count). The van der Waals surface area contributed by atoms with Crippen LogP contribution in [0.25, 0.3) is 0 Å². The summed E-state index contributed by atoms with van der Waals surface area (Å²) in [6.45, 7) is 1.49. The number of hydrogen-bond acceptors (Lipinski definition) is 4. The zero-order valence-corrected chi connectivity index (χ0v) is 15.4. The highest BCUT2D eigenvalue weighted by Gasteiger charge is 2.26. The molecule has 8 heteroatoms. The second-order valence-corrected chi connectivity index (χ2v) is 6.32. The molecule has 0 bridgehead atoms. The van der Waals surface area contributed by atoms with Crippen LogP contribution in [0.3, 0.4) is 0 Å². The number of rotatable bonds is 6. The second kappa shape index (κ2) is 9.29. The minimum absolute atomic E-state index is 0.0147. The summed E-state index contributed by atoms with van der Waals surface area (Å²) in [7, 11) is 0. The fourth-order valence-electron chi connectivity index (χ4n) is 2.51. The molecule has 1 atom stereocenters. The van der Waals surface area contributed by atoms with Crippen LogP contribution in [0.15, 0.2) is 48.5 Å². The third-order valence-corrected chi connectivity index (χ3v) is 4.04. The maximum absolute atomic E-state index is 13.2. The second-order valence-electron chi connectivity index (χ2n) is 5.85. The molecule has 3 N–H and O–H groups in total. The topological polar surface area (TPSA) is 75.4 Å². The van der Waals surface area contributed by atoms with Crippen molar-refractivity contribution in [2.24, 2.45) is 5.73 Å². The van der Waals surface area contributed by atoms with Crippen molar-refractivity contribution in [3.05, 3.63) is 65.7 Å². The van der Waals surface area contributed by atoms with Gasteiger partial charge < -0.3 is 11.1 Å². The van der Waals surface area contributed by atoms with Gasteiger partial charge in [-0.05, 0) is 36.8 Å². The van der Waals surface area contributed by atoms with Gasteiger partial charge in [-0.15, -0.1) is 0 Å². The van der Waals surface area contributed by atoms with Gasteiger partial charge in [-0.3, -0.25) is 14.5 Å². The number of benzene rings is 2. The van der Waals surface area contributed by atoms with Crippen LogP contribution in [-0.4, -0.2) is 29.4 Å². The van der Waals surface area contributed by atoms with Gasteiger partial charge in [-0.25, -0.2) is 8.78 Å². The number of nitrogens with two attached hydrogens (primary N) is 1. The molecule has 0 fully saturated rings. The summed E-state index contributed by atoms with van der Waals surface area (Å²) < 4.78 is 26.5. The summed E-state index contributed by atoms with van der Waals surface area (Å²) in [6, 6.07) is 10.6. The molecule has 2 aromatic carbocycles. The van der Waals surface area contributed by atoms with Crippen LogP contribution in [0.1, 0.15) is 12.5 Å². The molecule has 0 unspecified atom stereocenters. The molecule has 2 amide bonds.